The molecule has 5 nitrogen and oxygen atoms in total. The molecule has 1 N–H and O–H groups in total. The van der Waals surface area contributed by atoms with Crippen LogP contribution in [0.3, 0.4) is 0 Å². The van der Waals surface area contributed by atoms with Crippen molar-refractivity contribution in [2.45, 2.75) is 6.92 Å². The monoisotopic (exact) mass is 296 g/mol. The van der Waals surface area contributed by atoms with Crippen LogP contribution in [0.5, 0.6) is 0 Å². The van der Waals surface area contributed by atoms with Gasteiger partial charge in [-0.1, -0.05) is 21.1 Å². The van der Waals surface area contributed by atoms with Crippen LogP contribution in [0.25, 0.3) is 0 Å². The summed E-state index contributed by atoms with van der Waals surface area (Å²) in [5.41, 5.74) is 3.52. The van der Waals surface area contributed by atoms with E-state index in [1.165, 1.54) is 6.20 Å². The summed E-state index contributed by atoms with van der Waals surface area (Å²) in [4.78, 5) is 16.5. The number of rotatable bonds is 3. The zero-order chi connectivity index (χ0) is 12.3. The minimum absolute atomic E-state index is 0.301. The van der Waals surface area contributed by atoms with Crippen molar-refractivity contribution in [3.05, 3.63) is 46.3 Å². The summed E-state index contributed by atoms with van der Waals surface area (Å²) in [5.74, 6) is -0.112. The van der Waals surface area contributed by atoms with E-state index in [-0.39, 0.29) is 0 Å². The number of nitrogens with zero attached hydrogens (tertiary/aromatic N) is 1. The van der Waals surface area contributed by atoms with Crippen LogP contribution in [0.2, 0.25) is 0 Å². The number of nitrogens with one attached hydrogen (secondary N) is 1. The number of hydrogen-bond acceptors (Lipinski definition) is 5. The largest absolute Gasteiger partial charge is 0.368 e. The molecule has 0 spiro atoms. The van der Waals surface area contributed by atoms with E-state index in [1.807, 2.05) is 12.1 Å². The Bertz CT molecular complexity index is 522. The van der Waals surface area contributed by atoms with Crippen molar-refractivity contribution < 1.29 is 14.2 Å². The number of anilines is 1. The Morgan fingerprint density at radius 2 is 2.12 bits per heavy atom. The van der Waals surface area contributed by atoms with Crippen molar-refractivity contribution in [2.24, 2.45) is 0 Å². The second-order valence-electron chi connectivity index (χ2n) is 3.29. The lowest BCUT2D eigenvalue weighted by Gasteiger charge is -2.05. The van der Waals surface area contributed by atoms with E-state index >= 15 is 0 Å². The maximum Gasteiger partial charge on any atom is 0.368 e. The quantitative estimate of drug-likeness (QED) is 0.882. The van der Waals surface area contributed by atoms with Crippen molar-refractivity contribution in [2.75, 3.05) is 5.48 Å². The fraction of sp³-hybridized carbons (Fsp3) is 0.0909. The summed E-state index contributed by atoms with van der Waals surface area (Å²) in [6.07, 6.45) is 1.32. The Morgan fingerprint density at radius 3 is 2.71 bits per heavy atom. The van der Waals surface area contributed by atoms with Gasteiger partial charge in [0, 0.05) is 4.47 Å². The van der Waals surface area contributed by atoms with Gasteiger partial charge in [-0.3, -0.25) is 0 Å². The number of carbonyl (C=O) groups excluding carboxylic acids is 1. The molecule has 1 aromatic carbocycles. The number of benzene rings is 1. The second kappa shape index (κ2) is 5.01. The normalized spacial score (nSPS) is 10.0. The van der Waals surface area contributed by atoms with Gasteiger partial charge in [-0.15, -0.1) is 0 Å². The molecule has 0 bridgehead atoms. The topological polar surface area (TPSA) is 64.4 Å². The molecule has 0 aliphatic rings. The fourth-order valence-corrected chi connectivity index (χ4v) is 1.44. The summed E-state index contributed by atoms with van der Waals surface area (Å²) in [7, 11) is 0. The summed E-state index contributed by atoms with van der Waals surface area (Å²) in [6, 6.07) is 7.22. The Balaban J connectivity index is 1.97. The van der Waals surface area contributed by atoms with Crippen LogP contribution in [-0.2, 0) is 4.84 Å². The number of carbonyl (C=O) groups is 1. The van der Waals surface area contributed by atoms with Gasteiger partial charge < -0.3 is 9.36 Å². The molecule has 0 aliphatic heterocycles. The maximum atomic E-state index is 11.6. The summed E-state index contributed by atoms with van der Waals surface area (Å²) in [6.45, 7) is 1.64. The van der Waals surface area contributed by atoms with E-state index in [4.69, 9.17) is 9.36 Å². The number of aromatic nitrogens is 1. The standard InChI is InChI=1S/C11H9BrN2O3/c1-7-10(6-13-16-7)11(15)17-14-9-4-2-8(12)3-5-9/h2-6,14H,1H3. The van der Waals surface area contributed by atoms with Crippen LogP contribution in [-0.4, -0.2) is 11.1 Å². The molecule has 0 atom stereocenters. The van der Waals surface area contributed by atoms with Crippen LogP contribution in [0.4, 0.5) is 5.69 Å². The molecule has 0 fully saturated rings. The van der Waals surface area contributed by atoms with Crippen LogP contribution in [0, 0.1) is 6.92 Å². The lowest BCUT2D eigenvalue weighted by Crippen LogP contribution is -2.10. The predicted molar refractivity (Wildman–Crippen MR) is 64.4 cm³/mol. The molecule has 17 heavy (non-hydrogen) atoms. The van der Waals surface area contributed by atoms with Crippen LogP contribution in [0.1, 0.15) is 16.1 Å². The highest BCUT2D eigenvalue weighted by atomic mass is 79.9. The smallest absolute Gasteiger partial charge is 0.361 e. The first-order valence-electron chi connectivity index (χ1n) is 4.81. The molecule has 1 heterocycles. The van der Waals surface area contributed by atoms with Gasteiger partial charge in [0.25, 0.3) is 0 Å². The SMILES string of the molecule is Cc1oncc1C(=O)ONc1ccc(Br)cc1. The van der Waals surface area contributed by atoms with E-state index < -0.39 is 5.97 Å². The molecule has 0 saturated carbocycles. The average molecular weight is 297 g/mol. The highest BCUT2D eigenvalue weighted by molar-refractivity contribution is 9.10. The van der Waals surface area contributed by atoms with Crippen molar-refractivity contribution in [3.8, 4) is 0 Å². The third-order valence-electron chi connectivity index (χ3n) is 2.08. The molecule has 2 rings (SSSR count). The van der Waals surface area contributed by atoms with Crippen molar-refractivity contribution in [3.63, 3.8) is 0 Å². The fourth-order valence-electron chi connectivity index (χ4n) is 1.17. The summed E-state index contributed by atoms with van der Waals surface area (Å²) < 4.78 is 5.72. The van der Waals surface area contributed by atoms with E-state index in [1.54, 1.807) is 19.1 Å². The van der Waals surface area contributed by atoms with Crippen LogP contribution < -0.4 is 5.48 Å². The van der Waals surface area contributed by atoms with Gasteiger partial charge in [0.05, 0.1) is 11.9 Å². The highest BCUT2D eigenvalue weighted by Gasteiger charge is 2.14. The molecular weight excluding hydrogens is 288 g/mol. The molecule has 2 aromatic rings. The summed E-state index contributed by atoms with van der Waals surface area (Å²) in [5, 5.41) is 3.50. The minimum atomic E-state index is -0.535. The van der Waals surface area contributed by atoms with Gasteiger partial charge in [-0.2, -0.15) is 0 Å². The third-order valence-corrected chi connectivity index (χ3v) is 2.61. The first-order chi connectivity index (χ1) is 8.16. The molecule has 0 saturated heterocycles. The molecule has 0 aliphatic carbocycles. The van der Waals surface area contributed by atoms with Crippen molar-refractivity contribution in [1.82, 2.24) is 5.16 Å². The van der Waals surface area contributed by atoms with E-state index in [2.05, 4.69) is 26.6 Å². The van der Waals surface area contributed by atoms with E-state index in [9.17, 15) is 4.79 Å². The molecule has 0 radical (unpaired) electrons. The highest BCUT2D eigenvalue weighted by Crippen LogP contribution is 2.15. The Kier molecular flexibility index (Phi) is 3.43. The van der Waals surface area contributed by atoms with Gasteiger partial charge >= 0.3 is 5.97 Å². The van der Waals surface area contributed by atoms with Crippen molar-refractivity contribution >= 4 is 27.6 Å². The number of aryl methyl sites for hydroxylation is 1. The average Bonchev–Trinajstić information content (AvgIpc) is 2.74. The van der Waals surface area contributed by atoms with Gasteiger partial charge in [0.2, 0.25) is 0 Å². The predicted octanol–water partition coefficient (Wildman–Crippen LogP) is 2.93. The Labute approximate surface area is 106 Å². The van der Waals surface area contributed by atoms with Gasteiger partial charge in [0.1, 0.15) is 11.3 Å². The molecule has 88 valence electrons. The van der Waals surface area contributed by atoms with Crippen molar-refractivity contribution in [1.29, 1.82) is 0 Å². The van der Waals surface area contributed by atoms with Crippen LogP contribution in [0.15, 0.2) is 39.5 Å². The Hall–Kier alpha value is -1.82. The zero-order valence-electron chi connectivity index (χ0n) is 8.94. The first-order valence-corrected chi connectivity index (χ1v) is 5.60. The van der Waals surface area contributed by atoms with E-state index in [0.29, 0.717) is 17.0 Å². The number of halogens is 1. The molecular formula is C11H9BrN2O3. The summed E-state index contributed by atoms with van der Waals surface area (Å²) >= 11 is 3.31. The van der Waals surface area contributed by atoms with E-state index in [0.717, 1.165) is 4.47 Å². The molecule has 0 unspecified atom stereocenters. The second-order valence-corrected chi connectivity index (χ2v) is 4.21. The first kappa shape index (κ1) is 11.7. The Morgan fingerprint density at radius 1 is 1.41 bits per heavy atom. The molecule has 6 heteroatoms. The lowest BCUT2D eigenvalue weighted by molar-refractivity contribution is 0.0594. The third kappa shape index (κ3) is 2.85. The molecule has 1 aromatic heterocycles. The van der Waals surface area contributed by atoms with Gasteiger partial charge in [-0.05, 0) is 31.2 Å². The maximum absolute atomic E-state index is 11.6. The minimum Gasteiger partial charge on any atom is -0.361 e. The molecule has 0 amide bonds. The zero-order valence-corrected chi connectivity index (χ0v) is 10.5. The van der Waals surface area contributed by atoms with Gasteiger partial charge in [-0.25, -0.2) is 10.3 Å². The number of hydrogen-bond donors (Lipinski definition) is 1. The van der Waals surface area contributed by atoms with Gasteiger partial charge in [0.15, 0.2) is 0 Å². The lowest BCUT2D eigenvalue weighted by atomic mass is 10.3. The van der Waals surface area contributed by atoms with Crippen LogP contribution >= 0.6 is 15.9 Å².